The third-order valence-electron chi connectivity index (χ3n) is 6.08. The molecule has 0 saturated carbocycles. The van der Waals surface area contributed by atoms with E-state index in [-0.39, 0.29) is 16.5 Å². The number of hydrogen-bond acceptors (Lipinski definition) is 9. The fourth-order valence-electron chi connectivity index (χ4n) is 3.38. The molecule has 1 amide bonds. The number of piperazine rings is 1. The molecular formula is C30H25ClF13N5O9. The summed E-state index contributed by atoms with van der Waals surface area (Å²) < 4.78 is 141. The summed E-state index contributed by atoms with van der Waals surface area (Å²) in [5.41, 5.74) is 2.13. The summed E-state index contributed by atoms with van der Waals surface area (Å²) in [6.45, 7) is 4.86. The Kier molecular flexibility index (Phi) is 19.6. The molecule has 1 aliphatic heterocycles. The van der Waals surface area contributed by atoms with Crippen LogP contribution in [0.25, 0.3) is 0 Å². The number of rotatable bonds is 4. The second-order valence-electron chi connectivity index (χ2n) is 10.3. The minimum absolute atomic E-state index is 0.117. The van der Waals surface area contributed by atoms with Gasteiger partial charge in [0.1, 0.15) is 17.3 Å². The number of carboxylic acid groups (broad SMARTS) is 4. The van der Waals surface area contributed by atoms with Crippen molar-refractivity contribution in [3.05, 3.63) is 77.0 Å². The van der Waals surface area contributed by atoms with E-state index < -0.39 is 54.5 Å². The SMILES string of the molecule is Cc1ccc(NC(=O)c2nc(N3CCN(c4ccncc4)CC3)ccc2Cl)cc1F.O=C(O)C(F)(F)F.O=C(O)C(F)(F)F.O=C(O)C(F)(F)F.O=C(O)C(F)(F)F. The molecule has 1 fully saturated rings. The Morgan fingerprint density at radius 3 is 1.38 bits per heavy atom. The van der Waals surface area contributed by atoms with Crippen molar-refractivity contribution in [2.75, 3.05) is 41.3 Å². The third-order valence-corrected chi connectivity index (χ3v) is 6.38. The average Bonchev–Trinajstić information content (AvgIpc) is 3.10. The summed E-state index contributed by atoms with van der Waals surface area (Å²) in [4.78, 5) is 61.2. The van der Waals surface area contributed by atoms with Crippen molar-refractivity contribution in [3.8, 4) is 0 Å². The maximum atomic E-state index is 13.8. The van der Waals surface area contributed by atoms with Gasteiger partial charge in [0.25, 0.3) is 5.91 Å². The molecule has 322 valence electrons. The number of anilines is 3. The molecule has 28 heteroatoms. The summed E-state index contributed by atoms with van der Waals surface area (Å²) in [6.07, 6.45) is -16.8. The van der Waals surface area contributed by atoms with Gasteiger partial charge in [0.05, 0.1) is 5.02 Å². The largest absolute Gasteiger partial charge is 0.490 e. The van der Waals surface area contributed by atoms with Crippen LogP contribution in [0.4, 0.5) is 74.3 Å². The van der Waals surface area contributed by atoms with Crippen molar-refractivity contribution in [3.63, 3.8) is 0 Å². The predicted molar refractivity (Wildman–Crippen MR) is 172 cm³/mol. The number of carboxylic acids is 4. The number of benzene rings is 1. The highest BCUT2D eigenvalue weighted by atomic mass is 35.5. The molecule has 0 radical (unpaired) electrons. The lowest BCUT2D eigenvalue weighted by Gasteiger charge is -2.36. The number of carbonyl (C=O) groups excluding carboxylic acids is 1. The van der Waals surface area contributed by atoms with Crippen LogP contribution in [-0.2, 0) is 19.2 Å². The van der Waals surface area contributed by atoms with Crippen LogP contribution in [0.3, 0.4) is 0 Å². The van der Waals surface area contributed by atoms with Gasteiger partial charge in [-0.15, -0.1) is 0 Å². The molecule has 4 rings (SSSR count). The second kappa shape index (κ2) is 22.0. The standard InChI is InChI=1S/C22H21ClFN5O.4C2HF3O2/c1-15-2-3-16(14-19(15)24)26-22(30)21-18(23)4-5-20(27-21)29-12-10-28(11-13-29)17-6-8-25-9-7-17;4*3-2(4,5)1(6)7/h2-9,14H,10-13H2,1H3,(H,26,30);4*(H,6,7). The number of aliphatic carboxylic acids is 4. The lowest BCUT2D eigenvalue weighted by molar-refractivity contribution is -0.193. The topological polar surface area (TPSA) is 211 Å². The van der Waals surface area contributed by atoms with Gasteiger partial charge < -0.3 is 35.5 Å². The van der Waals surface area contributed by atoms with Crippen LogP contribution in [0, 0.1) is 12.7 Å². The highest BCUT2D eigenvalue weighted by Gasteiger charge is 2.40. The molecule has 1 aliphatic rings. The highest BCUT2D eigenvalue weighted by molar-refractivity contribution is 6.34. The fraction of sp³-hybridized carbons (Fsp3) is 0.300. The normalized spacial score (nSPS) is 12.7. The van der Waals surface area contributed by atoms with Crippen molar-refractivity contribution >= 4 is 58.6 Å². The first kappa shape index (κ1) is 51.8. The van der Waals surface area contributed by atoms with Crippen molar-refractivity contribution in [2.45, 2.75) is 31.6 Å². The van der Waals surface area contributed by atoms with Crippen LogP contribution in [-0.4, -0.2) is 111 Å². The molecular weight excluding hydrogens is 857 g/mol. The smallest absolute Gasteiger partial charge is 0.475 e. The van der Waals surface area contributed by atoms with Crippen LogP contribution in [0.1, 0.15) is 16.1 Å². The average molecular weight is 882 g/mol. The van der Waals surface area contributed by atoms with E-state index in [9.17, 15) is 61.9 Å². The molecule has 0 atom stereocenters. The van der Waals surface area contributed by atoms with Gasteiger partial charge in [-0.2, -0.15) is 52.7 Å². The van der Waals surface area contributed by atoms with Crippen LogP contribution >= 0.6 is 11.6 Å². The maximum absolute atomic E-state index is 13.8. The first-order chi connectivity index (χ1) is 26.3. The fourth-order valence-corrected chi connectivity index (χ4v) is 3.57. The molecule has 3 heterocycles. The number of alkyl halides is 12. The first-order valence-corrected chi connectivity index (χ1v) is 15.0. The summed E-state index contributed by atoms with van der Waals surface area (Å²) in [7, 11) is 0. The molecule has 1 aromatic carbocycles. The van der Waals surface area contributed by atoms with Crippen LogP contribution in [0.5, 0.6) is 0 Å². The van der Waals surface area contributed by atoms with Crippen molar-refractivity contribution in [2.24, 2.45) is 0 Å². The number of aryl methyl sites for hydroxylation is 1. The van der Waals surface area contributed by atoms with Gasteiger partial charge in [0.2, 0.25) is 0 Å². The number of nitrogens with one attached hydrogen (secondary N) is 1. The van der Waals surface area contributed by atoms with Crippen molar-refractivity contribution in [1.82, 2.24) is 9.97 Å². The quantitative estimate of drug-likeness (QED) is 0.173. The summed E-state index contributed by atoms with van der Waals surface area (Å²) in [6, 6.07) is 12.0. The Morgan fingerprint density at radius 2 is 1.02 bits per heavy atom. The minimum Gasteiger partial charge on any atom is -0.475 e. The molecule has 58 heavy (non-hydrogen) atoms. The van der Waals surface area contributed by atoms with Gasteiger partial charge in [0, 0.05) is 49.9 Å². The Morgan fingerprint density at radius 1 is 0.638 bits per heavy atom. The predicted octanol–water partition coefficient (Wildman–Crippen LogP) is 6.69. The lowest BCUT2D eigenvalue weighted by Crippen LogP contribution is -2.47. The van der Waals surface area contributed by atoms with Gasteiger partial charge in [-0.3, -0.25) is 9.78 Å². The van der Waals surface area contributed by atoms with Gasteiger partial charge in [-0.05, 0) is 48.9 Å². The van der Waals surface area contributed by atoms with E-state index in [1.54, 1.807) is 37.5 Å². The van der Waals surface area contributed by atoms with E-state index in [1.807, 2.05) is 18.2 Å². The molecule has 2 aromatic heterocycles. The zero-order valence-corrected chi connectivity index (χ0v) is 29.2. The maximum Gasteiger partial charge on any atom is 0.490 e. The number of pyridine rings is 2. The summed E-state index contributed by atoms with van der Waals surface area (Å²) >= 11 is 6.23. The molecule has 1 saturated heterocycles. The Balaban J connectivity index is 0.000000940. The Hall–Kier alpha value is -6.15. The molecule has 3 aromatic rings. The number of nitrogens with zero attached hydrogens (tertiary/aromatic N) is 4. The van der Waals surface area contributed by atoms with E-state index in [0.29, 0.717) is 17.1 Å². The van der Waals surface area contributed by atoms with E-state index in [4.69, 9.17) is 51.2 Å². The summed E-state index contributed by atoms with van der Waals surface area (Å²) in [5, 5.41) is 31.4. The monoisotopic (exact) mass is 881 g/mol. The molecule has 0 aliphatic carbocycles. The molecule has 5 N–H and O–H groups in total. The van der Waals surface area contributed by atoms with Crippen molar-refractivity contribution in [1.29, 1.82) is 0 Å². The minimum atomic E-state index is -5.08. The highest BCUT2D eigenvalue weighted by Crippen LogP contribution is 2.24. The van der Waals surface area contributed by atoms with Crippen LogP contribution in [0.15, 0.2) is 54.9 Å². The van der Waals surface area contributed by atoms with Gasteiger partial charge in [0.15, 0.2) is 0 Å². The number of amides is 1. The molecule has 0 bridgehead atoms. The lowest BCUT2D eigenvalue weighted by atomic mass is 10.2. The zero-order chi connectivity index (χ0) is 45.4. The van der Waals surface area contributed by atoms with Gasteiger partial charge in [-0.25, -0.2) is 28.6 Å². The molecule has 14 nitrogen and oxygen atoms in total. The van der Waals surface area contributed by atoms with Crippen molar-refractivity contribution < 1.29 is 101 Å². The molecule has 0 spiro atoms. The zero-order valence-electron chi connectivity index (χ0n) is 28.4. The third kappa shape index (κ3) is 19.6. The van der Waals surface area contributed by atoms with Crippen LogP contribution < -0.4 is 15.1 Å². The van der Waals surface area contributed by atoms with E-state index >= 15 is 0 Å². The summed E-state index contributed by atoms with van der Waals surface area (Å²) in [5.74, 6) is -11.2. The second-order valence-corrected chi connectivity index (χ2v) is 10.7. The Labute approximate surface area is 320 Å². The van der Waals surface area contributed by atoms with E-state index in [2.05, 4.69) is 25.1 Å². The van der Waals surface area contributed by atoms with Crippen LogP contribution in [0.2, 0.25) is 5.02 Å². The molecule has 0 unspecified atom stereocenters. The Bertz CT molecular complexity index is 1760. The number of carbonyl (C=O) groups is 5. The van der Waals surface area contributed by atoms with E-state index in [1.165, 1.54) is 6.07 Å². The number of hydrogen-bond donors (Lipinski definition) is 5. The van der Waals surface area contributed by atoms with Gasteiger partial charge >= 0.3 is 48.6 Å². The van der Waals surface area contributed by atoms with E-state index in [0.717, 1.165) is 31.9 Å². The van der Waals surface area contributed by atoms with Gasteiger partial charge in [-0.1, -0.05) is 17.7 Å². The first-order valence-electron chi connectivity index (χ1n) is 14.6. The number of aromatic nitrogens is 2. The number of halogens is 14.